The summed E-state index contributed by atoms with van der Waals surface area (Å²) in [6, 6.07) is 7.79. The van der Waals surface area contributed by atoms with Crippen molar-refractivity contribution in [2.75, 3.05) is 25.0 Å². The fourth-order valence-corrected chi connectivity index (χ4v) is 3.27. The molecule has 2 unspecified atom stereocenters. The SMILES string of the molecule is Cl.Cl.O=C(Nc1cccc(CN2CCCCC2)c1)C1CC(O)CN1. The summed E-state index contributed by atoms with van der Waals surface area (Å²) in [7, 11) is 0. The summed E-state index contributed by atoms with van der Waals surface area (Å²) in [6.07, 6.45) is 3.98. The van der Waals surface area contributed by atoms with Gasteiger partial charge in [-0.15, -0.1) is 24.8 Å². The number of likely N-dealkylation sites (tertiary alicyclic amines) is 1. The van der Waals surface area contributed by atoms with Crippen LogP contribution in [0.15, 0.2) is 24.3 Å². The molecular formula is C17H27Cl2N3O2. The molecule has 0 radical (unpaired) electrons. The van der Waals surface area contributed by atoms with Crippen molar-refractivity contribution in [2.24, 2.45) is 0 Å². The summed E-state index contributed by atoms with van der Waals surface area (Å²) in [6.45, 7) is 3.78. The van der Waals surface area contributed by atoms with Crippen LogP contribution in [0.3, 0.4) is 0 Å². The first-order valence-electron chi connectivity index (χ1n) is 8.24. The molecule has 5 nitrogen and oxygen atoms in total. The van der Waals surface area contributed by atoms with Gasteiger partial charge in [-0.25, -0.2) is 0 Å². The van der Waals surface area contributed by atoms with Gasteiger partial charge in [0, 0.05) is 18.8 Å². The van der Waals surface area contributed by atoms with E-state index in [1.165, 1.54) is 37.9 Å². The van der Waals surface area contributed by atoms with Gasteiger partial charge in [0.05, 0.1) is 12.1 Å². The average Bonchev–Trinajstić information content (AvgIpc) is 2.95. The van der Waals surface area contributed by atoms with Crippen LogP contribution in [0.25, 0.3) is 0 Å². The normalized spacial score (nSPS) is 23.9. The lowest BCUT2D eigenvalue weighted by Gasteiger charge is -2.26. The van der Waals surface area contributed by atoms with Crippen molar-refractivity contribution in [1.29, 1.82) is 0 Å². The highest BCUT2D eigenvalue weighted by molar-refractivity contribution is 5.95. The molecule has 2 heterocycles. The molecule has 3 rings (SSSR count). The van der Waals surface area contributed by atoms with E-state index in [2.05, 4.69) is 27.7 Å². The van der Waals surface area contributed by atoms with Gasteiger partial charge in [0.2, 0.25) is 5.91 Å². The molecule has 2 atom stereocenters. The van der Waals surface area contributed by atoms with Crippen molar-refractivity contribution >= 4 is 36.4 Å². The number of hydrogen-bond donors (Lipinski definition) is 3. The lowest BCUT2D eigenvalue weighted by atomic mass is 10.1. The molecule has 136 valence electrons. The molecule has 0 spiro atoms. The zero-order valence-electron chi connectivity index (χ0n) is 13.7. The Labute approximate surface area is 156 Å². The van der Waals surface area contributed by atoms with Crippen LogP contribution >= 0.6 is 24.8 Å². The van der Waals surface area contributed by atoms with Crippen LogP contribution in [0.1, 0.15) is 31.2 Å². The van der Waals surface area contributed by atoms with E-state index in [0.717, 1.165) is 12.2 Å². The third-order valence-corrected chi connectivity index (χ3v) is 4.47. The Kier molecular flexibility index (Phi) is 9.02. The van der Waals surface area contributed by atoms with E-state index in [9.17, 15) is 9.90 Å². The highest BCUT2D eigenvalue weighted by Crippen LogP contribution is 2.17. The van der Waals surface area contributed by atoms with Crippen LogP contribution in [-0.4, -0.2) is 47.7 Å². The largest absolute Gasteiger partial charge is 0.392 e. The van der Waals surface area contributed by atoms with E-state index in [-0.39, 0.29) is 36.8 Å². The average molecular weight is 376 g/mol. The number of β-amino-alcohol motifs (C(OH)–C–C–N with tert-alkyl or cyclic N) is 1. The number of anilines is 1. The van der Waals surface area contributed by atoms with Gasteiger partial charge < -0.3 is 15.7 Å². The van der Waals surface area contributed by atoms with Crippen molar-refractivity contribution in [2.45, 2.75) is 44.4 Å². The Balaban J connectivity index is 0.00000144. The molecule has 3 N–H and O–H groups in total. The van der Waals surface area contributed by atoms with Crippen LogP contribution in [0, 0.1) is 0 Å². The molecule has 24 heavy (non-hydrogen) atoms. The van der Waals surface area contributed by atoms with Gasteiger partial charge in [-0.2, -0.15) is 0 Å². The van der Waals surface area contributed by atoms with E-state index in [4.69, 9.17) is 0 Å². The highest BCUT2D eigenvalue weighted by Gasteiger charge is 2.27. The van der Waals surface area contributed by atoms with Gasteiger partial charge in [-0.1, -0.05) is 18.6 Å². The molecule has 0 bridgehead atoms. The van der Waals surface area contributed by atoms with E-state index >= 15 is 0 Å². The van der Waals surface area contributed by atoms with Gasteiger partial charge >= 0.3 is 0 Å². The van der Waals surface area contributed by atoms with Gasteiger partial charge in [-0.3, -0.25) is 9.69 Å². The maximum absolute atomic E-state index is 12.2. The standard InChI is InChI=1S/C17H25N3O2.2ClH/c21-15-10-16(18-11-15)17(22)19-14-6-4-5-13(9-14)12-20-7-2-1-3-8-20;;/h4-6,9,15-16,18,21H,1-3,7-8,10-12H2,(H,19,22);2*1H. The van der Waals surface area contributed by atoms with Crippen molar-refractivity contribution in [3.63, 3.8) is 0 Å². The molecule has 1 aromatic rings. The van der Waals surface area contributed by atoms with Crippen molar-refractivity contribution in [1.82, 2.24) is 10.2 Å². The highest BCUT2D eigenvalue weighted by atomic mass is 35.5. The Morgan fingerprint density at radius 1 is 1.25 bits per heavy atom. The van der Waals surface area contributed by atoms with E-state index in [0.29, 0.717) is 13.0 Å². The van der Waals surface area contributed by atoms with Crippen LogP contribution in [0.5, 0.6) is 0 Å². The number of benzene rings is 1. The lowest BCUT2D eigenvalue weighted by Crippen LogP contribution is -2.35. The lowest BCUT2D eigenvalue weighted by molar-refractivity contribution is -0.117. The van der Waals surface area contributed by atoms with Gasteiger partial charge in [0.15, 0.2) is 0 Å². The molecule has 2 aliphatic heterocycles. The number of piperidine rings is 1. The number of halogens is 2. The Bertz CT molecular complexity index is 524. The second-order valence-electron chi connectivity index (χ2n) is 6.38. The number of nitrogens with one attached hydrogen (secondary N) is 2. The monoisotopic (exact) mass is 375 g/mol. The minimum absolute atomic E-state index is 0. The molecule has 1 aromatic carbocycles. The van der Waals surface area contributed by atoms with Crippen molar-refractivity contribution in [3.8, 4) is 0 Å². The van der Waals surface area contributed by atoms with Crippen LogP contribution in [0.2, 0.25) is 0 Å². The first kappa shape index (κ1) is 21.2. The minimum Gasteiger partial charge on any atom is -0.392 e. The molecule has 0 aliphatic carbocycles. The van der Waals surface area contributed by atoms with E-state index < -0.39 is 6.10 Å². The molecular weight excluding hydrogens is 349 g/mol. The first-order chi connectivity index (χ1) is 10.7. The van der Waals surface area contributed by atoms with Crippen molar-refractivity contribution in [3.05, 3.63) is 29.8 Å². The summed E-state index contributed by atoms with van der Waals surface area (Å²) in [5.74, 6) is -0.0633. The summed E-state index contributed by atoms with van der Waals surface area (Å²) in [5.41, 5.74) is 2.07. The van der Waals surface area contributed by atoms with Crippen LogP contribution < -0.4 is 10.6 Å². The third kappa shape index (κ3) is 5.90. The molecule has 2 aliphatic rings. The second kappa shape index (κ2) is 10.2. The number of hydrogen-bond acceptors (Lipinski definition) is 4. The van der Waals surface area contributed by atoms with Crippen molar-refractivity contribution < 1.29 is 9.90 Å². The summed E-state index contributed by atoms with van der Waals surface area (Å²) >= 11 is 0. The quantitative estimate of drug-likeness (QED) is 0.754. The predicted octanol–water partition coefficient (Wildman–Crippen LogP) is 2.18. The number of rotatable bonds is 4. The maximum Gasteiger partial charge on any atom is 0.241 e. The summed E-state index contributed by atoms with van der Waals surface area (Å²) < 4.78 is 0. The fraction of sp³-hybridized carbons (Fsp3) is 0.588. The Hall–Kier alpha value is -0.850. The Morgan fingerprint density at radius 2 is 2.00 bits per heavy atom. The van der Waals surface area contributed by atoms with Crippen LogP contribution in [0.4, 0.5) is 5.69 Å². The molecule has 0 saturated carbocycles. The molecule has 7 heteroatoms. The zero-order chi connectivity index (χ0) is 15.4. The topological polar surface area (TPSA) is 64.6 Å². The number of aliphatic hydroxyl groups excluding tert-OH is 1. The van der Waals surface area contributed by atoms with E-state index in [1.807, 2.05) is 12.1 Å². The summed E-state index contributed by atoms with van der Waals surface area (Å²) in [5, 5.41) is 15.5. The number of carbonyl (C=O) groups is 1. The van der Waals surface area contributed by atoms with Crippen LogP contribution in [-0.2, 0) is 11.3 Å². The molecule has 2 fully saturated rings. The molecule has 0 aromatic heterocycles. The Morgan fingerprint density at radius 3 is 2.67 bits per heavy atom. The number of amides is 1. The smallest absolute Gasteiger partial charge is 0.241 e. The van der Waals surface area contributed by atoms with Gasteiger partial charge in [0.25, 0.3) is 0 Å². The van der Waals surface area contributed by atoms with E-state index in [1.54, 1.807) is 0 Å². The molecule has 1 amide bonds. The number of aliphatic hydroxyl groups is 1. The number of carbonyl (C=O) groups excluding carboxylic acids is 1. The zero-order valence-corrected chi connectivity index (χ0v) is 15.4. The first-order valence-corrected chi connectivity index (χ1v) is 8.24. The molecule has 2 saturated heterocycles. The minimum atomic E-state index is -0.416. The van der Waals surface area contributed by atoms with Gasteiger partial charge in [0.1, 0.15) is 0 Å². The fourth-order valence-electron chi connectivity index (χ4n) is 3.27. The predicted molar refractivity (Wildman–Crippen MR) is 101 cm³/mol. The maximum atomic E-state index is 12.2. The second-order valence-corrected chi connectivity index (χ2v) is 6.38. The van der Waals surface area contributed by atoms with Gasteiger partial charge in [-0.05, 0) is 50.0 Å². The number of nitrogens with zero attached hydrogens (tertiary/aromatic N) is 1. The summed E-state index contributed by atoms with van der Waals surface area (Å²) in [4.78, 5) is 14.6. The third-order valence-electron chi connectivity index (χ3n) is 4.47.